The first-order valence-electron chi connectivity index (χ1n) is 9.55. The number of benzene rings is 1. The number of halogens is 1. The topological polar surface area (TPSA) is 72.6 Å². The number of allylic oxidation sites excluding steroid dienone is 2. The van der Waals surface area contributed by atoms with E-state index in [0.717, 1.165) is 33.6 Å². The fourth-order valence-corrected chi connectivity index (χ4v) is 5.13. The number of rotatable bonds is 4. The van der Waals surface area contributed by atoms with Crippen molar-refractivity contribution >= 4 is 44.7 Å². The van der Waals surface area contributed by atoms with E-state index in [1.54, 1.807) is 6.92 Å². The molecule has 1 aliphatic carbocycles. The number of ketones is 1. The largest absolute Gasteiger partial charge is 0.463 e. The normalized spacial score (nSPS) is 19.4. The van der Waals surface area contributed by atoms with Gasteiger partial charge in [-0.25, -0.2) is 4.79 Å². The van der Waals surface area contributed by atoms with E-state index in [2.05, 4.69) is 15.9 Å². The minimum atomic E-state index is -0.483. The average molecular weight is 473 g/mol. The highest BCUT2D eigenvalue weighted by Gasteiger charge is 2.43. The average Bonchev–Trinajstić information content (AvgIpc) is 3.23. The second kappa shape index (κ2) is 8.16. The van der Waals surface area contributed by atoms with Crippen molar-refractivity contribution in [3.8, 4) is 0 Å². The second-order valence-corrected chi connectivity index (χ2v) is 8.81. The van der Waals surface area contributed by atoms with Crippen molar-refractivity contribution in [2.45, 2.75) is 32.1 Å². The van der Waals surface area contributed by atoms with Gasteiger partial charge in [0.15, 0.2) is 5.78 Å². The third-order valence-corrected chi connectivity index (χ3v) is 6.67. The summed E-state index contributed by atoms with van der Waals surface area (Å²) in [6, 6.07) is 11.6. The van der Waals surface area contributed by atoms with Crippen LogP contribution in [0.25, 0.3) is 0 Å². The van der Waals surface area contributed by atoms with Crippen molar-refractivity contribution in [2.24, 2.45) is 5.73 Å². The van der Waals surface area contributed by atoms with E-state index in [1.807, 2.05) is 46.7 Å². The van der Waals surface area contributed by atoms with Gasteiger partial charge in [0.25, 0.3) is 0 Å². The number of nitrogens with two attached hydrogens (primary N) is 1. The predicted octanol–water partition coefficient (Wildman–Crippen LogP) is 4.85. The number of thiophene rings is 1. The molecule has 0 fully saturated rings. The Hall–Kier alpha value is -2.38. The minimum Gasteiger partial charge on any atom is -0.463 e. The van der Waals surface area contributed by atoms with Gasteiger partial charge in [-0.2, -0.15) is 0 Å². The van der Waals surface area contributed by atoms with Gasteiger partial charge in [-0.3, -0.25) is 9.69 Å². The molecule has 1 aromatic carbocycles. The molecule has 0 radical (unpaired) electrons. The molecule has 150 valence electrons. The summed E-state index contributed by atoms with van der Waals surface area (Å²) < 4.78 is 6.30. The zero-order valence-electron chi connectivity index (χ0n) is 16.0. The van der Waals surface area contributed by atoms with Gasteiger partial charge in [-0.05, 0) is 55.5 Å². The van der Waals surface area contributed by atoms with Crippen molar-refractivity contribution in [1.29, 1.82) is 0 Å². The van der Waals surface area contributed by atoms with Gasteiger partial charge in [0.05, 0.1) is 18.1 Å². The Bertz CT molecular complexity index is 1010. The van der Waals surface area contributed by atoms with Crippen LogP contribution < -0.4 is 10.6 Å². The molecular formula is C22H21BrN2O3S. The van der Waals surface area contributed by atoms with Crippen LogP contribution >= 0.6 is 27.3 Å². The number of nitrogens with zero attached hydrogens (tertiary/aromatic N) is 1. The Morgan fingerprint density at radius 1 is 1.28 bits per heavy atom. The molecule has 2 aromatic rings. The quantitative estimate of drug-likeness (QED) is 0.643. The number of carbonyl (C=O) groups excluding carboxylic acids is 2. The van der Waals surface area contributed by atoms with E-state index >= 15 is 0 Å². The van der Waals surface area contributed by atoms with Gasteiger partial charge in [-0.15, -0.1) is 11.3 Å². The molecule has 4 rings (SSSR count). The smallest absolute Gasteiger partial charge is 0.338 e. The molecule has 1 aromatic heterocycles. The van der Waals surface area contributed by atoms with Gasteiger partial charge in [0, 0.05) is 32.7 Å². The molecule has 0 unspecified atom stereocenters. The molecule has 29 heavy (non-hydrogen) atoms. The van der Waals surface area contributed by atoms with Crippen molar-refractivity contribution in [3.05, 3.63) is 73.8 Å². The zero-order chi connectivity index (χ0) is 20.5. The van der Waals surface area contributed by atoms with Crippen molar-refractivity contribution in [1.82, 2.24) is 0 Å². The molecule has 5 nitrogen and oxygen atoms in total. The first kappa shape index (κ1) is 19.9. The highest BCUT2D eigenvalue weighted by atomic mass is 79.9. The Balaban J connectivity index is 1.97. The summed E-state index contributed by atoms with van der Waals surface area (Å²) in [4.78, 5) is 28.9. The fraction of sp³-hybridized carbons (Fsp3) is 0.273. The van der Waals surface area contributed by atoms with Crippen LogP contribution in [0.4, 0.5) is 5.69 Å². The lowest BCUT2D eigenvalue weighted by molar-refractivity contribution is -0.138. The molecular weight excluding hydrogens is 452 g/mol. The summed E-state index contributed by atoms with van der Waals surface area (Å²) >= 11 is 4.97. The van der Waals surface area contributed by atoms with Crippen LogP contribution in [-0.4, -0.2) is 18.4 Å². The summed E-state index contributed by atoms with van der Waals surface area (Å²) in [7, 11) is 0. The summed E-state index contributed by atoms with van der Waals surface area (Å²) in [6.45, 7) is 2.01. The Morgan fingerprint density at radius 2 is 2.03 bits per heavy atom. The van der Waals surface area contributed by atoms with Crippen LogP contribution in [-0.2, 0) is 14.3 Å². The number of ether oxygens (including phenoxy) is 1. The van der Waals surface area contributed by atoms with Gasteiger partial charge < -0.3 is 10.5 Å². The monoisotopic (exact) mass is 472 g/mol. The molecule has 0 amide bonds. The molecule has 0 saturated heterocycles. The van der Waals surface area contributed by atoms with E-state index in [1.165, 1.54) is 11.3 Å². The molecule has 1 atom stereocenters. The number of esters is 1. The maximum Gasteiger partial charge on any atom is 0.338 e. The molecule has 7 heteroatoms. The highest BCUT2D eigenvalue weighted by Crippen LogP contribution is 2.47. The lowest BCUT2D eigenvalue weighted by Gasteiger charge is -2.40. The van der Waals surface area contributed by atoms with Crippen molar-refractivity contribution in [2.75, 3.05) is 11.5 Å². The van der Waals surface area contributed by atoms with Crippen LogP contribution in [0.1, 0.15) is 37.0 Å². The van der Waals surface area contributed by atoms with E-state index in [0.29, 0.717) is 23.4 Å². The Morgan fingerprint density at radius 3 is 2.69 bits per heavy atom. The first-order valence-corrected chi connectivity index (χ1v) is 11.2. The van der Waals surface area contributed by atoms with Crippen LogP contribution in [0.5, 0.6) is 0 Å². The highest BCUT2D eigenvalue weighted by molar-refractivity contribution is 9.10. The Labute approximate surface area is 182 Å². The summed E-state index contributed by atoms with van der Waals surface area (Å²) in [6.07, 6.45) is 1.98. The maximum atomic E-state index is 13.1. The number of carbonyl (C=O) groups is 2. The van der Waals surface area contributed by atoms with E-state index in [4.69, 9.17) is 10.5 Å². The molecule has 2 heterocycles. The van der Waals surface area contributed by atoms with Crippen molar-refractivity contribution < 1.29 is 14.3 Å². The third kappa shape index (κ3) is 3.53. The predicted molar refractivity (Wildman–Crippen MR) is 117 cm³/mol. The zero-order valence-corrected chi connectivity index (χ0v) is 18.4. The Kier molecular flexibility index (Phi) is 5.61. The molecule has 2 aliphatic rings. The third-order valence-electron chi connectivity index (χ3n) is 5.20. The number of hydrogen-bond acceptors (Lipinski definition) is 6. The van der Waals surface area contributed by atoms with Crippen LogP contribution in [0.2, 0.25) is 0 Å². The first-order chi connectivity index (χ1) is 14.0. The summed E-state index contributed by atoms with van der Waals surface area (Å²) in [5, 5.41) is 1.95. The number of hydrogen-bond donors (Lipinski definition) is 1. The van der Waals surface area contributed by atoms with Crippen LogP contribution in [0, 0.1) is 0 Å². The van der Waals surface area contributed by atoms with E-state index in [9.17, 15) is 9.59 Å². The van der Waals surface area contributed by atoms with Gasteiger partial charge >= 0.3 is 5.97 Å². The van der Waals surface area contributed by atoms with Crippen molar-refractivity contribution in [3.63, 3.8) is 0 Å². The number of anilines is 1. The lowest BCUT2D eigenvalue weighted by atomic mass is 9.77. The van der Waals surface area contributed by atoms with Gasteiger partial charge in [0.2, 0.25) is 0 Å². The molecule has 0 saturated carbocycles. The van der Waals surface area contributed by atoms with Gasteiger partial charge in [0.1, 0.15) is 5.82 Å². The van der Waals surface area contributed by atoms with E-state index in [-0.39, 0.29) is 12.4 Å². The van der Waals surface area contributed by atoms with E-state index < -0.39 is 11.9 Å². The minimum absolute atomic E-state index is 0.0704. The fourth-order valence-electron chi connectivity index (χ4n) is 4.02. The molecule has 0 spiro atoms. The summed E-state index contributed by atoms with van der Waals surface area (Å²) in [5.74, 6) is -0.558. The summed E-state index contributed by atoms with van der Waals surface area (Å²) in [5.41, 5.74) is 9.33. The second-order valence-electron chi connectivity index (χ2n) is 6.92. The van der Waals surface area contributed by atoms with Crippen LogP contribution in [0.3, 0.4) is 0 Å². The SMILES string of the molecule is CCOC(=O)C1=C(N)N(c2ccc(Br)cc2)C2=C(C(=O)CCC2)[C@H]1c1cccs1. The van der Waals surface area contributed by atoms with Gasteiger partial charge in [-0.1, -0.05) is 22.0 Å². The lowest BCUT2D eigenvalue weighted by Crippen LogP contribution is -2.40. The number of Topliss-reactive ketones (excluding diaryl/α,β-unsaturated/α-hetero) is 1. The standard InChI is InChI=1S/C22H21BrN2O3S/c1-2-28-22(27)20-19(17-7-4-12-29-17)18-15(5-3-6-16(18)26)25(21(20)24)14-10-8-13(23)9-11-14/h4,7-12,19H,2-3,5-6,24H2,1H3/t19-/m1/s1. The molecule has 1 aliphatic heterocycles. The molecule has 2 N–H and O–H groups in total. The van der Waals surface area contributed by atoms with Crippen LogP contribution in [0.15, 0.2) is 68.9 Å². The molecule has 0 bridgehead atoms. The maximum absolute atomic E-state index is 13.1.